The maximum absolute atomic E-state index is 12.5. The molecule has 1 aromatic heterocycles. The van der Waals surface area contributed by atoms with Gasteiger partial charge in [0.05, 0.1) is 18.5 Å². The minimum Gasteiger partial charge on any atom is -0.495 e. The standard InChI is InChI=1S/C12H12F3N3O/c1-7-5-8(6-9(19-2)11(7)16)18-4-3-10(17-18)12(13,14)15/h3-6H,16H2,1-2H3. The molecule has 4 nitrogen and oxygen atoms in total. The fourth-order valence-corrected chi connectivity index (χ4v) is 1.67. The molecule has 2 rings (SSSR count). The second-order valence-corrected chi connectivity index (χ2v) is 4.02. The first-order chi connectivity index (χ1) is 8.82. The van der Waals surface area contributed by atoms with Gasteiger partial charge in [-0.2, -0.15) is 18.3 Å². The molecule has 0 saturated carbocycles. The second-order valence-electron chi connectivity index (χ2n) is 4.02. The maximum Gasteiger partial charge on any atom is 0.435 e. The van der Waals surface area contributed by atoms with Crippen molar-refractivity contribution in [1.29, 1.82) is 0 Å². The SMILES string of the molecule is COc1cc(-n2ccc(C(F)(F)F)n2)cc(C)c1N. The molecular weight excluding hydrogens is 259 g/mol. The molecule has 0 aliphatic rings. The van der Waals surface area contributed by atoms with Gasteiger partial charge in [0.15, 0.2) is 5.69 Å². The number of methoxy groups -OCH3 is 1. The van der Waals surface area contributed by atoms with Gasteiger partial charge in [0.2, 0.25) is 0 Å². The van der Waals surface area contributed by atoms with Gasteiger partial charge in [-0.15, -0.1) is 0 Å². The fraction of sp³-hybridized carbons (Fsp3) is 0.250. The highest BCUT2D eigenvalue weighted by Gasteiger charge is 2.33. The summed E-state index contributed by atoms with van der Waals surface area (Å²) in [6.45, 7) is 1.75. The molecule has 0 spiro atoms. The molecule has 102 valence electrons. The molecule has 2 aromatic rings. The Balaban J connectivity index is 2.48. The van der Waals surface area contributed by atoms with E-state index in [2.05, 4.69) is 5.10 Å². The lowest BCUT2D eigenvalue weighted by atomic mass is 10.1. The van der Waals surface area contributed by atoms with Crippen molar-refractivity contribution >= 4 is 5.69 Å². The van der Waals surface area contributed by atoms with Crippen LogP contribution < -0.4 is 10.5 Å². The second kappa shape index (κ2) is 4.49. The first-order valence-electron chi connectivity index (χ1n) is 5.40. The molecule has 1 heterocycles. The topological polar surface area (TPSA) is 53.1 Å². The van der Waals surface area contributed by atoms with Gasteiger partial charge in [-0.25, -0.2) is 4.68 Å². The Bertz CT molecular complexity index is 605. The van der Waals surface area contributed by atoms with Crippen molar-refractivity contribution in [3.63, 3.8) is 0 Å². The molecule has 2 N–H and O–H groups in total. The van der Waals surface area contributed by atoms with E-state index in [1.54, 1.807) is 13.0 Å². The third-order valence-electron chi connectivity index (χ3n) is 2.70. The molecule has 0 aliphatic heterocycles. The molecule has 19 heavy (non-hydrogen) atoms. The molecule has 0 amide bonds. The number of halogens is 3. The zero-order chi connectivity index (χ0) is 14.2. The van der Waals surface area contributed by atoms with E-state index in [0.29, 0.717) is 22.7 Å². The first-order valence-corrected chi connectivity index (χ1v) is 5.40. The number of hydrogen-bond donors (Lipinski definition) is 1. The third-order valence-corrected chi connectivity index (χ3v) is 2.70. The van der Waals surface area contributed by atoms with Gasteiger partial charge in [-0.05, 0) is 24.6 Å². The molecule has 0 fully saturated rings. The minimum absolute atomic E-state index is 0.402. The molecule has 1 aromatic carbocycles. The zero-order valence-corrected chi connectivity index (χ0v) is 10.3. The highest BCUT2D eigenvalue weighted by molar-refractivity contribution is 5.62. The summed E-state index contributed by atoms with van der Waals surface area (Å²) in [4.78, 5) is 0. The lowest BCUT2D eigenvalue weighted by molar-refractivity contribution is -0.141. The summed E-state index contributed by atoms with van der Waals surface area (Å²) >= 11 is 0. The summed E-state index contributed by atoms with van der Waals surface area (Å²) in [5, 5.41) is 3.49. The van der Waals surface area contributed by atoms with Crippen LogP contribution in [0.3, 0.4) is 0 Å². The van der Waals surface area contributed by atoms with Crippen LogP contribution in [0.25, 0.3) is 5.69 Å². The third kappa shape index (κ3) is 2.49. The van der Waals surface area contributed by atoms with Gasteiger partial charge in [0, 0.05) is 12.3 Å². The van der Waals surface area contributed by atoms with E-state index >= 15 is 0 Å². The number of aryl methyl sites for hydroxylation is 1. The summed E-state index contributed by atoms with van der Waals surface area (Å²) in [6.07, 6.45) is -3.22. The van der Waals surface area contributed by atoms with Crippen molar-refractivity contribution < 1.29 is 17.9 Å². The van der Waals surface area contributed by atoms with E-state index in [1.165, 1.54) is 19.4 Å². The number of rotatable bonds is 2. The van der Waals surface area contributed by atoms with E-state index in [1.807, 2.05) is 0 Å². The van der Waals surface area contributed by atoms with Gasteiger partial charge < -0.3 is 10.5 Å². The highest BCUT2D eigenvalue weighted by Crippen LogP contribution is 2.30. The Morgan fingerprint density at radius 3 is 2.53 bits per heavy atom. The summed E-state index contributed by atoms with van der Waals surface area (Å²) in [5.41, 5.74) is 6.45. The van der Waals surface area contributed by atoms with E-state index in [4.69, 9.17) is 10.5 Å². The Hall–Kier alpha value is -2.18. The maximum atomic E-state index is 12.5. The number of hydrogen-bond acceptors (Lipinski definition) is 3. The zero-order valence-electron chi connectivity index (χ0n) is 10.3. The Kier molecular flexibility index (Phi) is 3.13. The van der Waals surface area contributed by atoms with Crippen LogP contribution in [0.15, 0.2) is 24.4 Å². The Morgan fingerprint density at radius 1 is 1.32 bits per heavy atom. The predicted molar refractivity (Wildman–Crippen MR) is 64.3 cm³/mol. The van der Waals surface area contributed by atoms with Gasteiger partial charge in [-0.3, -0.25) is 0 Å². The Morgan fingerprint density at radius 2 is 2.00 bits per heavy atom. The van der Waals surface area contributed by atoms with Crippen LogP contribution in [0.4, 0.5) is 18.9 Å². The number of nitrogens with two attached hydrogens (primary N) is 1. The molecule has 0 unspecified atom stereocenters. The average molecular weight is 271 g/mol. The van der Waals surface area contributed by atoms with Crippen molar-refractivity contribution in [1.82, 2.24) is 9.78 Å². The fourth-order valence-electron chi connectivity index (χ4n) is 1.67. The van der Waals surface area contributed by atoms with Gasteiger partial charge in [-0.1, -0.05) is 0 Å². The summed E-state index contributed by atoms with van der Waals surface area (Å²) in [6, 6.07) is 4.10. The summed E-state index contributed by atoms with van der Waals surface area (Å²) in [7, 11) is 1.44. The van der Waals surface area contributed by atoms with Crippen LogP contribution in [-0.4, -0.2) is 16.9 Å². The molecule has 0 saturated heterocycles. The number of alkyl halides is 3. The van der Waals surface area contributed by atoms with Crippen LogP contribution in [-0.2, 0) is 6.18 Å². The number of anilines is 1. The molecule has 7 heteroatoms. The lowest BCUT2D eigenvalue weighted by Gasteiger charge is -2.10. The molecular formula is C12H12F3N3O. The highest BCUT2D eigenvalue weighted by atomic mass is 19.4. The lowest BCUT2D eigenvalue weighted by Crippen LogP contribution is -2.07. The van der Waals surface area contributed by atoms with E-state index in [-0.39, 0.29) is 0 Å². The number of nitrogen functional groups attached to an aromatic ring is 1. The van der Waals surface area contributed by atoms with Crippen molar-refractivity contribution in [3.8, 4) is 11.4 Å². The molecule has 0 atom stereocenters. The average Bonchev–Trinajstić information content (AvgIpc) is 2.81. The van der Waals surface area contributed by atoms with Crippen molar-refractivity contribution in [3.05, 3.63) is 35.7 Å². The first kappa shape index (κ1) is 13.3. The van der Waals surface area contributed by atoms with E-state index < -0.39 is 11.9 Å². The van der Waals surface area contributed by atoms with Crippen LogP contribution >= 0.6 is 0 Å². The summed E-state index contributed by atoms with van der Waals surface area (Å²) in [5.74, 6) is 0.402. The predicted octanol–water partition coefficient (Wildman–Crippen LogP) is 2.79. The number of nitrogens with zero attached hydrogens (tertiary/aromatic N) is 2. The van der Waals surface area contributed by atoms with E-state index in [9.17, 15) is 13.2 Å². The van der Waals surface area contributed by atoms with Crippen molar-refractivity contribution in [2.45, 2.75) is 13.1 Å². The number of aromatic nitrogens is 2. The summed E-state index contributed by atoms with van der Waals surface area (Å²) < 4.78 is 43.7. The molecule has 0 aliphatic carbocycles. The quantitative estimate of drug-likeness (QED) is 0.854. The van der Waals surface area contributed by atoms with Crippen LogP contribution in [0.5, 0.6) is 5.75 Å². The molecule has 0 radical (unpaired) electrons. The Labute approximate surface area is 107 Å². The smallest absolute Gasteiger partial charge is 0.435 e. The van der Waals surface area contributed by atoms with Crippen LogP contribution in [0, 0.1) is 6.92 Å². The van der Waals surface area contributed by atoms with Gasteiger partial charge >= 0.3 is 6.18 Å². The van der Waals surface area contributed by atoms with Crippen LogP contribution in [0.1, 0.15) is 11.3 Å². The van der Waals surface area contributed by atoms with Crippen molar-refractivity contribution in [2.24, 2.45) is 0 Å². The molecule has 0 bridgehead atoms. The van der Waals surface area contributed by atoms with Crippen LogP contribution in [0.2, 0.25) is 0 Å². The number of ether oxygens (including phenoxy) is 1. The normalized spacial score (nSPS) is 11.6. The largest absolute Gasteiger partial charge is 0.495 e. The minimum atomic E-state index is -4.46. The van der Waals surface area contributed by atoms with E-state index in [0.717, 1.165) is 10.7 Å². The van der Waals surface area contributed by atoms with Gasteiger partial charge in [0.25, 0.3) is 0 Å². The van der Waals surface area contributed by atoms with Crippen molar-refractivity contribution in [2.75, 3.05) is 12.8 Å². The monoisotopic (exact) mass is 271 g/mol. The number of benzene rings is 1. The van der Waals surface area contributed by atoms with Gasteiger partial charge in [0.1, 0.15) is 5.75 Å².